The van der Waals surface area contributed by atoms with Crippen molar-refractivity contribution in [3.05, 3.63) is 0 Å². The fraction of sp³-hybridized carbons (Fsp3) is 1.00. The smallest absolute Gasteiger partial charge is 0.0613 e. The maximum atomic E-state index is 9.65. The van der Waals surface area contributed by atoms with Gasteiger partial charge in [-0.15, -0.1) is 0 Å². The van der Waals surface area contributed by atoms with E-state index in [2.05, 4.69) is 43.1 Å². The van der Waals surface area contributed by atoms with Crippen LogP contribution in [0.15, 0.2) is 0 Å². The molecule has 0 bridgehead atoms. The van der Waals surface area contributed by atoms with Crippen LogP contribution in [0.25, 0.3) is 0 Å². The van der Waals surface area contributed by atoms with E-state index in [4.69, 9.17) is 0 Å². The minimum Gasteiger partial charge on any atom is -0.394 e. The van der Waals surface area contributed by atoms with Crippen LogP contribution in [0.3, 0.4) is 0 Å². The van der Waals surface area contributed by atoms with E-state index < -0.39 is 0 Å². The molecular weight excluding hydrogens is 250 g/mol. The monoisotopic (exact) mass is 285 g/mol. The fourth-order valence-corrected chi connectivity index (χ4v) is 3.36. The van der Waals surface area contributed by atoms with Gasteiger partial charge in [-0.1, -0.05) is 13.8 Å². The highest BCUT2D eigenvalue weighted by Crippen LogP contribution is 2.18. The van der Waals surface area contributed by atoms with Crippen LogP contribution < -0.4 is 5.32 Å². The molecule has 0 amide bonds. The van der Waals surface area contributed by atoms with E-state index >= 15 is 0 Å². The molecule has 0 aromatic heterocycles. The van der Waals surface area contributed by atoms with Gasteiger partial charge in [0.05, 0.1) is 6.61 Å². The van der Waals surface area contributed by atoms with Crippen LogP contribution in [0.4, 0.5) is 0 Å². The van der Waals surface area contributed by atoms with E-state index in [1.54, 1.807) is 0 Å². The number of rotatable bonds is 10. The van der Waals surface area contributed by atoms with Crippen LogP contribution in [0, 0.1) is 0 Å². The normalized spacial score (nSPS) is 23.4. The Bertz CT molecular complexity index is 256. The van der Waals surface area contributed by atoms with Gasteiger partial charge in [-0.25, -0.2) is 0 Å². The first-order valence-electron chi connectivity index (χ1n) is 8.31. The van der Waals surface area contributed by atoms with Crippen molar-refractivity contribution in [3.63, 3.8) is 0 Å². The zero-order valence-corrected chi connectivity index (χ0v) is 14.0. The maximum absolute atomic E-state index is 9.65. The van der Waals surface area contributed by atoms with Crippen molar-refractivity contribution in [1.82, 2.24) is 15.1 Å². The molecular formula is C16H35N3O. The average molecular weight is 285 g/mol. The number of aliphatic hydroxyl groups excluding tert-OH is 1. The molecule has 20 heavy (non-hydrogen) atoms. The second kappa shape index (κ2) is 8.98. The van der Waals surface area contributed by atoms with Crippen LogP contribution in [0.2, 0.25) is 0 Å². The molecule has 2 atom stereocenters. The highest BCUT2D eigenvalue weighted by molar-refractivity contribution is 4.86. The molecule has 1 heterocycles. The minimum absolute atomic E-state index is 0.0697. The molecule has 2 N–H and O–H groups in total. The largest absolute Gasteiger partial charge is 0.394 e. The average Bonchev–Trinajstić information content (AvgIpc) is 2.83. The summed E-state index contributed by atoms with van der Waals surface area (Å²) in [6.45, 7) is 9.00. The summed E-state index contributed by atoms with van der Waals surface area (Å²) in [5, 5.41) is 13.1. The molecule has 0 saturated carbocycles. The lowest BCUT2D eigenvalue weighted by Gasteiger charge is -2.33. The van der Waals surface area contributed by atoms with Gasteiger partial charge in [0.25, 0.3) is 0 Å². The number of nitrogens with zero attached hydrogens (tertiary/aromatic N) is 2. The molecule has 0 aliphatic carbocycles. The summed E-state index contributed by atoms with van der Waals surface area (Å²) in [6.07, 6.45) is 5.88. The van der Waals surface area contributed by atoms with Crippen LogP contribution in [0.1, 0.15) is 46.0 Å². The number of likely N-dealkylation sites (N-methyl/N-ethyl adjacent to an activating group) is 3. The lowest BCUT2D eigenvalue weighted by atomic mass is 9.91. The van der Waals surface area contributed by atoms with Crippen molar-refractivity contribution < 1.29 is 5.11 Å². The number of hydrogen-bond donors (Lipinski definition) is 2. The van der Waals surface area contributed by atoms with Crippen LogP contribution in [-0.2, 0) is 0 Å². The highest BCUT2D eigenvalue weighted by Gasteiger charge is 2.26. The Morgan fingerprint density at radius 2 is 2.15 bits per heavy atom. The molecule has 0 aromatic rings. The van der Waals surface area contributed by atoms with Crippen molar-refractivity contribution in [3.8, 4) is 0 Å². The van der Waals surface area contributed by atoms with Gasteiger partial charge in [0, 0.05) is 18.1 Å². The van der Waals surface area contributed by atoms with Gasteiger partial charge in [-0.05, 0) is 65.8 Å². The molecule has 1 fully saturated rings. The molecule has 4 nitrogen and oxygen atoms in total. The first kappa shape index (κ1) is 17.9. The number of nitrogens with one attached hydrogen (secondary N) is 1. The Balaban J connectivity index is 2.27. The van der Waals surface area contributed by atoms with E-state index in [1.165, 1.54) is 25.9 Å². The summed E-state index contributed by atoms with van der Waals surface area (Å²) >= 11 is 0. The summed E-state index contributed by atoms with van der Waals surface area (Å²) in [6, 6.07) is 0.738. The molecule has 1 saturated heterocycles. The summed E-state index contributed by atoms with van der Waals surface area (Å²) in [5.41, 5.74) is -0.0697. The molecule has 120 valence electrons. The van der Waals surface area contributed by atoms with E-state index in [9.17, 15) is 5.11 Å². The standard InChI is InChI=1S/C16H35N3O/c1-5-16(14-20,17-6-2)10-8-11-18(3)13-15-9-7-12-19(15)4/h15,17,20H,5-14H2,1-4H3. The van der Waals surface area contributed by atoms with Crippen molar-refractivity contribution in [2.24, 2.45) is 0 Å². The van der Waals surface area contributed by atoms with E-state index in [-0.39, 0.29) is 12.1 Å². The minimum atomic E-state index is -0.0697. The van der Waals surface area contributed by atoms with Gasteiger partial charge >= 0.3 is 0 Å². The quantitative estimate of drug-likeness (QED) is 0.639. The van der Waals surface area contributed by atoms with Gasteiger partial charge in [-0.2, -0.15) is 0 Å². The maximum Gasteiger partial charge on any atom is 0.0613 e. The molecule has 1 aliphatic heterocycles. The Kier molecular flexibility index (Phi) is 8.03. The van der Waals surface area contributed by atoms with Gasteiger partial charge in [0.15, 0.2) is 0 Å². The van der Waals surface area contributed by atoms with E-state index in [0.29, 0.717) is 0 Å². The Morgan fingerprint density at radius 1 is 1.40 bits per heavy atom. The third-order valence-electron chi connectivity index (χ3n) is 4.92. The summed E-state index contributed by atoms with van der Waals surface area (Å²) in [5.74, 6) is 0. The SMILES string of the molecule is CCNC(CC)(CO)CCCN(C)CC1CCCN1C. The molecule has 0 spiro atoms. The van der Waals surface area contributed by atoms with E-state index in [1.807, 2.05) is 0 Å². The summed E-state index contributed by atoms with van der Waals surface area (Å²) in [7, 11) is 4.47. The second-order valence-corrected chi connectivity index (χ2v) is 6.46. The predicted octanol–water partition coefficient (Wildman–Crippen LogP) is 1.54. The molecule has 1 aliphatic rings. The van der Waals surface area contributed by atoms with Crippen LogP contribution in [0.5, 0.6) is 0 Å². The number of aliphatic hydroxyl groups is 1. The Labute approximate surface area is 125 Å². The Morgan fingerprint density at radius 3 is 2.65 bits per heavy atom. The zero-order valence-electron chi connectivity index (χ0n) is 14.0. The third-order valence-corrected chi connectivity index (χ3v) is 4.92. The Hall–Kier alpha value is -0.160. The van der Waals surface area contributed by atoms with Gasteiger partial charge < -0.3 is 20.2 Å². The van der Waals surface area contributed by atoms with E-state index in [0.717, 1.165) is 38.4 Å². The van der Waals surface area contributed by atoms with Crippen molar-refractivity contribution >= 4 is 0 Å². The lowest BCUT2D eigenvalue weighted by Crippen LogP contribution is -2.48. The number of likely N-dealkylation sites (tertiary alicyclic amines) is 1. The first-order valence-corrected chi connectivity index (χ1v) is 8.31. The van der Waals surface area contributed by atoms with Crippen LogP contribution >= 0.6 is 0 Å². The van der Waals surface area contributed by atoms with Crippen molar-refractivity contribution in [1.29, 1.82) is 0 Å². The molecule has 0 radical (unpaired) electrons. The predicted molar refractivity (Wildman–Crippen MR) is 86.2 cm³/mol. The zero-order chi connectivity index (χ0) is 15.0. The van der Waals surface area contributed by atoms with Gasteiger partial charge in [0.2, 0.25) is 0 Å². The number of hydrogen-bond acceptors (Lipinski definition) is 4. The lowest BCUT2D eigenvalue weighted by molar-refractivity contribution is 0.139. The third kappa shape index (κ3) is 5.32. The van der Waals surface area contributed by atoms with Crippen molar-refractivity contribution in [2.75, 3.05) is 46.9 Å². The van der Waals surface area contributed by atoms with Gasteiger partial charge in [0.1, 0.15) is 0 Å². The fourth-order valence-electron chi connectivity index (χ4n) is 3.36. The highest BCUT2D eigenvalue weighted by atomic mass is 16.3. The first-order chi connectivity index (χ1) is 9.56. The topological polar surface area (TPSA) is 38.7 Å². The molecule has 0 aromatic carbocycles. The van der Waals surface area contributed by atoms with Crippen LogP contribution in [-0.4, -0.2) is 73.4 Å². The van der Waals surface area contributed by atoms with Gasteiger partial charge in [-0.3, -0.25) is 0 Å². The van der Waals surface area contributed by atoms with Crippen molar-refractivity contribution in [2.45, 2.75) is 57.5 Å². The summed E-state index contributed by atoms with van der Waals surface area (Å²) < 4.78 is 0. The summed E-state index contributed by atoms with van der Waals surface area (Å²) in [4.78, 5) is 4.94. The second-order valence-electron chi connectivity index (χ2n) is 6.46. The molecule has 4 heteroatoms. The molecule has 2 unspecified atom stereocenters. The molecule has 1 rings (SSSR count).